The standard InChI is InChI=1S/C25H33N5O5/c1-14-20(35-21-9-7-16-17(23(16)21)11-22(31)32)10-8-18(26-14)24-19(30(3)28-27-24)13-34-25(33)29(2)12-15-5-4-6-15/h8,10,15-17,21,23H,4-7,9,11-13H2,1-3H3,(H,31,32)/t16-,17?,21-,23-/m0/s1. The third-order valence-electron chi connectivity index (χ3n) is 7.92. The van der Waals surface area contributed by atoms with Gasteiger partial charge in [-0.1, -0.05) is 11.6 Å². The van der Waals surface area contributed by atoms with E-state index in [1.165, 1.54) is 19.3 Å². The monoisotopic (exact) mass is 483 g/mol. The van der Waals surface area contributed by atoms with E-state index in [2.05, 4.69) is 10.3 Å². The van der Waals surface area contributed by atoms with E-state index in [4.69, 9.17) is 19.6 Å². The van der Waals surface area contributed by atoms with Crippen molar-refractivity contribution in [2.75, 3.05) is 13.6 Å². The zero-order chi connectivity index (χ0) is 24.7. The third-order valence-corrected chi connectivity index (χ3v) is 7.92. The Kier molecular flexibility index (Phi) is 6.37. The lowest BCUT2D eigenvalue weighted by Gasteiger charge is -2.29. The van der Waals surface area contributed by atoms with Gasteiger partial charge in [-0.25, -0.2) is 14.5 Å². The average molecular weight is 484 g/mol. The minimum atomic E-state index is -0.735. The number of rotatable bonds is 9. The van der Waals surface area contributed by atoms with Gasteiger partial charge >= 0.3 is 12.1 Å². The molecule has 0 aliphatic heterocycles. The first-order valence-corrected chi connectivity index (χ1v) is 12.4. The van der Waals surface area contributed by atoms with E-state index in [0.29, 0.717) is 40.6 Å². The topological polar surface area (TPSA) is 120 Å². The molecule has 10 nitrogen and oxygen atoms in total. The zero-order valence-electron chi connectivity index (χ0n) is 20.5. The van der Waals surface area contributed by atoms with Crippen molar-refractivity contribution >= 4 is 12.1 Å². The van der Waals surface area contributed by atoms with E-state index < -0.39 is 5.97 Å². The number of nitrogens with zero attached hydrogens (tertiary/aromatic N) is 5. The highest BCUT2D eigenvalue weighted by molar-refractivity contribution is 5.68. The van der Waals surface area contributed by atoms with Crippen molar-refractivity contribution in [1.29, 1.82) is 0 Å². The maximum atomic E-state index is 12.4. The van der Waals surface area contributed by atoms with Gasteiger partial charge < -0.3 is 19.5 Å². The Bertz CT molecular complexity index is 1110. The molecule has 0 bridgehead atoms. The summed E-state index contributed by atoms with van der Waals surface area (Å²) in [7, 11) is 3.53. The molecule has 2 heterocycles. The van der Waals surface area contributed by atoms with Crippen LogP contribution in [0.25, 0.3) is 11.4 Å². The van der Waals surface area contributed by atoms with Crippen LogP contribution in [0.3, 0.4) is 0 Å². The number of pyridine rings is 1. The Balaban J connectivity index is 1.23. The highest BCUT2D eigenvalue weighted by Gasteiger charge is 2.59. The SMILES string of the molecule is Cc1nc(-c2nnn(C)c2COC(=O)N(C)CC2CCC2)ccc1O[C@H]1CC[C@H]2C(CC(=O)O)[C@@H]12. The number of aliphatic carboxylic acids is 1. The molecule has 10 heteroatoms. The number of hydrogen-bond donors (Lipinski definition) is 1. The fourth-order valence-corrected chi connectivity index (χ4v) is 5.69. The third kappa shape index (κ3) is 4.83. The molecular weight excluding hydrogens is 450 g/mol. The molecule has 3 aliphatic rings. The summed E-state index contributed by atoms with van der Waals surface area (Å²) in [6.07, 6.45) is 5.46. The summed E-state index contributed by atoms with van der Waals surface area (Å²) in [4.78, 5) is 29.9. The summed E-state index contributed by atoms with van der Waals surface area (Å²) in [5.74, 6) is 1.58. The highest BCUT2D eigenvalue weighted by Crippen LogP contribution is 2.60. The molecule has 0 spiro atoms. The van der Waals surface area contributed by atoms with Crippen molar-refractivity contribution < 1.29 is 24.2 Å². The second-order valence-electron chi connectivity index (χ2n) is 10.3. The lowest BCUT2D eigenvalue weighted by atomic mass is 9.85. The summed E-state index contributed by atoms with van der Waals surface area (Å²) >= 11 is 0. The number of carbonyl (C=O) groups excluding carboxylic acids is 1. The molecule has 0 saturated heterocycles. The van der Waals surface area contributed by atoms with E-state index in [0.717, 1.165) is 25.1 Å². The molecule has 3 saturated carbocycles. The predicted molar refractivity (Wildman–Crippen MR) is 125 cm³/mol. The van der Waals surface area contributed by atoms with Crippen molar-refractivity contribution in [1.82, 2.24) is 24.9 Å². The Morgan fingerprint density at radius 3 is 2.71 bits per heavy atom. The number of ether oxygens (including phenoxy) is 2. The van der Waals surface area contributed by atoms with Crippen LogP contribution in [0.2, 0.25) is 0 Å². The van der Waals surface area contributed by atoms with Gasteiger partial charge in [-0.05, 0) is 62.5 Å². The van der Waals surface area contributed by atoms with Gasteiger partial charge in [0.05, 0.1) is 11.4 Å². The fourth-order valence-electron chi connectivity index (χ4n) is 5.69. The van der Waals surface area contributed by atoms with Gasteiger partial charge in [-0.2, -0.15) is 0 Å². The number of amides is 1. The summed E-state index contributed by atoms with van der Waals surface area (Å²) in [5.41, 5.74) is 2.61. The molecule has 2 aromatic heterocycles. The van der Waals surface area contributed by atoms with Crippen molar-refractivity contribution in [3.05, 3.63) is 23.5 Å². The van der Waals surface area contributed by atoms with E-state index >= 15 is 0 Å². The molecule has 1 unspecified atom stereocenters. The predicted octanol–water partition coefficient (Wildman–Crippen LogP) is 3.43. The van der Waals surface area contributed by atoms with Crippen LogP contribution in [-0.2, 0) is 23.2 Å². The van der Waals surface area contributed by atoms with Crippen LogP contribution in [0.15, 0.2) is 12.1 Å². The second kappa shape index (κ2) is 9.47. The minimum absolute atomic E-state index is 0.0408. The van der Waals surface area contributed by atoms with Crippen LogP contribution in [-0.4, -0.2) is 61.7 Å². The van der Waals surface area contributed by atoms with Gasteiger partial charge in [0.15, 0.2) is 0 Å². The van der Waals surface area contributed by atoms with Gasteiger partial charge in [0.1, 0.15) is 29.8 Å². The van der Waals surface area contributed by atoms with E-state index in [-0.39, 0.29) is 31.1 Å². The Morgan fingerprint density at radius 1 is 1.23 bits per heavy atom. The molecule has 1 N–H and O–H groups in total. The van der Waals surface area contributed by atoms with Crippen LogP contribution >= 0.6 is 0 Å². The first kappa shape index (κ1) is 23.6. The number of carboxylic acid groups (broad SMARTS) is 1. The zero-order valence-corrected chi connectivity index (χ0v) is 20.5. The molecule has 0 aromatic carbocycles. The normalized spacial score (nSPS) is 25.0. The molecule has 3 fully saturated rings. The molecule has 35 heavy (non-hydrogen) atoms. The molecule has 4 atom stereocenters. The Morgan fingerprint density at radius 2 is 2.03 bits per heavy atom. The maximum Gasteiger partial charge on any atom is 0.409 e. The molecule has 3 aliphatic carbocycles. The van der Waals surface area contributed by atoms with Crippen LogP contribution in [0.4, 0.5) is 4.79 Å². The molecule has 188 valence electrons. The van der Waals surface area contributed by atoms with Crippen LogP contribution in [0.1, 0.15) is 49.9 Å². The molecule has 2 aromatic rings. The van der Waals surface area contributed by atoms with Gasteiger partial charge in [0.25, 0.3) is 0 Å². The number of carbonyl (C=O) groups is 2. The number of aromatic nitrogens is 4. The van der Waals surface area contributed by atoms with Gasteiger partial charge in [-0.15, -0.1) is 5.10 Å². The van der Waals surface area contributed by atoms with Crippen molar-refractivity contribution in [3.8, 4) is 17.1 Å². The number of carboxylic acids is 1. The number of hydrogen-bond acceptors (Lipinski definition) is 7. The van der Waals surface area contributed by atoms with Gasteiger partial charge in [-0.3, -0.25) is 4.79 Å². The molecule has 0 radical (unpaired) electrons. The number of aryl methyl sites for hydroxylation is 2. The van der Waals surface area contributed by atoms with E-state index in [1.807, 2.05) is 19.1 Å². The first-order valence-electron chi connectivity index (χ1n) is 12.4. The summed E-state index contributed by atoms with van der Waals surface area (Å²) in [5, 5.41) is 17.5. The van der Waals surface area contributed by atoms with Gasteiger partial charge in [0, 0.05) is 33.0 Å². The minimum Gasteiger partial charge on any atom is -0.488 e. The van der Waals surface area contributed by atoms with Crippen LogP contribution < -0.4 is 4.74 Å². The fraction of sp³-hybridized carbons (Fsp3) is 0.640. The summed E-state index contributed by atoms with van der Waals surface area (Å²) in [6.45, 7) is 2.66. The van der Waals surface area contributed by atoms with Crippen molar-refractivity contribution in [2.24, 2.45) is 30.7 Å². The summed E-state index contributed by atoms with van der Waals surface area (Å²) in [6, 6.07) is 3.73. The molecule has 1 amide bonds. The lowest BCUT2D eigenvalue weighted by Crippen LogP contribution is -2.34. The Hall–Kier alpha value is -3.17. The van der Waals surface area contributed by atoms with Crippen molar-refractivity contribution in [3.63, 3.8) is 0 Å². The smallest absolute Gasteiger partial charge is 0.409 e. The Labute approximate surface area is 204 Å². The summed E-state index contributed by atoms with van der Waals surface area (Å²) < 4.78 is 13.4. The van der Waals surface area contributed by atoms with Crippen LogP contribution in [0, 0.1) is 30.6 Å². The first-order chi connectivity index (χ1) is 16.8. The quantitative estimate of drug-likeness (QED) is 0.576. The average Bonchev–Trinajstić information content (AvgIpc) is 3.10. The maximum absolute atomic E-state index is 12.4. The van der Waals surface area contributed by atoms with E-state index in [9.17, 15) is 9.59 Å². The van der Waals surface area contributed by atoms with Crippen molar-refractivity contribution in [2.45, 2.75) is 58.2 Å². The lowest BCUT2D eigenvalue weighted by molar-refractivity contribution is -0.137. The van der Waals surface area contributed by atoms with Crippen LogP contribution in [0.5, 0.6) is 5.75 Å². The number of fused-ring (bicyclic) bond motifs is 1. The largest absolute Gasteiger partial charge is 0.488 e. The van der Waals surface area contributed by atoms with E-state index in [1.54, 1.807) is 23.7 Å². The molecule has 5 rings (SSSR count). The second-order valence-corrected chi connectivity index (χ2v) is 10.3. The molecular formula is C25H33N5O5. The highest BCUT2D eigenvalue weighted by atomic mass is 16.6. The van der Waals surface area contributed by atoms with Gasteiger partial charge in [0.2, 0.25) is 0 Å².